The molecule has 4 heteroatoms. The molecule has 1 aliphatic rings. The maximum Gasteiger partial charge on any atom is 0.318 e. The van der Waals surface area contributed by atoms with Crippen LogP contribution in [0.5, 0.6) is 0 Å². The molecule has 3 rings (SSSR count). The Balaban J connectivity index is 2.13. The maximum absolute atomic E-state index is 12.4. The Kier molecular flexibility index (Phi) is 4.65. The highest BCUT2D eigenvalue weighted by Crippen LogP contribution is 2.39. The Morgan fingerprint density at radius 3 is 2.42 bits per heavy atom. The van der Waals surface area contributed by atoms with E-state index in [2.05, 4.69) is 11.0 Å². The van der Waals surface area contributed by atoms with Crippen LogP contribution < -0.4 is 4.90 Å². The zero-order valence-corrected chi connectivity index (χ0v) is 13.9. The summed E-state index contributed by atoms with van der Waals surface area (Å²) in [5.74, 6) is -1.49. The lowest BCUT2D eigenvalue weighted by molar-refractivity contribution is -0.150. The van der Waals surface area contributed by atoms with E-state index in [1.54, 1.807) is 0 Å². The van der Waals surface area contributed by atoms with Gasteiger partial charge >= 0.3 is 5.97 Å². The molecular weight excluding hydrogens is 302 g/mol. The number of hydrogen-bond donors (Lipinski definition) is 0. The summed E-state index contributed by atoms with van der Waals surface area (Å²) in [6.07, 6.45) is 0.882. The second-order valence-electron chi connectivity index (χ2n) is 6.03. The molecule has 2 unspecified atom stereocenters. The first-order chi connectivity index (χ1) is 11.6. The van der Waals surface area contributed by atoms with Crippen LogP contribution in [0.3, 0.4) is 0 Å². The zero-order valence-electron chi connectivity index (χ0n) is 13.9. The van der Waals surface area contributed by atoms with Gasteiger partial charge < -0.3 is 9.64 Å². The van der Waals surface area contributed by atoms with E-state index >= 15 is 0 Å². The number of rotatable bonds is 4. The Labute approximate surface area is 142 Å². The molecule has 0 fully saturated rings. The molecule has 24 heavy (non-hydrogen) atoms. The second kappa shape index (κ2) is 6.87. The van der Waals surface area contributed by atoms with Crippen LogP contribution in [0.15, 0.2) is 54.6 Å². The molecule has 0 aromatic heterocycles. The highest BCUT2D eigenvalue weighted by Gasteiger charge is 2.41. The monoisotopic (exact) mass is 323 g/mol. The molecule has 0 spiro atoms. The van der Waals surface area contributed by atoms with Gasteiger partial charge in [0.05, 0.1) is 13.2 Å². The molecule has 2 aromatic carbocycles. The minimum atomic E-state index is -0.836. The van der Waals surface area contributed by atoms with Gasteiger partial charge in [-0.3, -0.25) is 9.59 Å². The van der Waals surface area contributed by atoms with Crippen molar-refractivity contribution in [1.29, 1.82) is 0 Å². The lowest BCUT2D eigenvalue weighted by Crippen LogP contribution is -2.44. The van der Waals surface area contributed by atoms with E-state index < -0.39 is 11.9 Å². The lowest BCUT2D eigenvalue weighted by atomic mass is 9.82. The summed E-state index contributed by atoms with van der Waals surface area (Å²) in [5, 5.41) is 0. The van der Waals surface area contributed by atoms with Crippen molar-refractivity contribution in [2.45, 2.75) is 19.4 Å². The number of hydrogen-bond acceptors (Lipinski definition) is 4. The summed E-state index contributed by atoms with van der Waals surface area (Å²) < 4.78 is 4.94. The molecule has 0 saturated heterocycles. The van der Waals surface area contributed by atoms with Crippen LogP contribution in [0.1, 0.15) is 24.1 Å². The molecule has 0 amide bonds. The Bertz CT molecular complexity index is 742. The van der Waals surface area contributed by atoms with Gasteiger partial charge in [0, 0.05) is 12.2 Å². The topological polar surface area (TPSA) is 46.6 Å². The van der Waals surface area contributed by atoms with Crippen molar-refractivity contribution in [3.63, 3.8) is 0 Å². The third kappa shape index (κ3) is 2.92. The van der Waals surface area contributed by atoms with E-state index in [9.17, 15) is 9.59 Å². The molecule has 1 heterocycles. The average molecular weight is 323 g/mol. The van der Waals surface area contributed by atoms with Crippen molar-refractivity contribution in [1.82, 2.24) is 0 Å². The van der Waals surface area contributed by atoms with Crippen molar-refractivity contribution in [2.75, 3.05) is 18.6 Å². The fourth-order valence-corrected chi connectivity index (χ4v) is 3.51. The van der Waals surface area contributed by atoms with Gasteiger partial charge in [0.15, 0.2) is 0 Å². The average Bonchev–Trinajstić information content (AvgIpc) is 2.62. The normalized spacial score (nSPS) is 17.8. The Hall–Kier alpha value is -2.62. The predicted octanol–water partition coefficient (Wildman–Crippen LogP) is 3.17. The largest absolute Gasteiger partial charge is 0.468 e. The molecule has 0 bridgehead atoms. The van der Waals surface area contributed by atoms with Crippen molar-refractivity contribution in [2.24, 2.45) is 5.92 Å². The molecule has 2 atom stereocenters. The number of Topliss-reactive ketones (excluding diaryl/α,β-unsaturated/α-hetero) is 1. The van der Waals surface area contributed by atoms with Crippen LogP contribution in [0.4, 0.5) is 5.69 Å². The molecule has 0 radical (unpaired) electrons. The number of carbonyl (C=O) groups excluding carboxylic acids is 2. The third-order valence-corrected chi connectivity index (χ3v) is 4.63. The van der Waals surface area contributed by atoms with Crippen LogP contribution in [0.2, 0.25) is 0 Å². The van der Waals surface area contributed by atoms with Gasteiger partial charge in [-0.1, -0.05) is 42.5 Å². The Morgan fingerprint density at radius 1 is 1.08 bits per heavy atom. The minimum Gasteiger partial charge on any atom is -0.468 e. The number of carbonyl (C=O) groups is 2. The quantitative estimate of drug-likeness (QED) is 0.640. The summed E-state index contributed by atoms with van der Waals surface area (Å²) in [7, 11) is 1.33. The third-order valence-electron chi connectivity index (χ3n) is 4.63. The second-order valence-corrected chi connectivity index (χ2v) is 6.03. The van der Waals surface area contributed by atoms with Crippen molar-refractivity contribution >= 4 is 17.4 Å². The molecule has 1 aliphatic heterocycles. The first-order valence-electron chi connectivity index (χ1n) is 8.11. The number of fused-ring (bicyclic) bond motifs is 1. The summed E-state index contributed by atoms with van der Waals surface area (Å²) in [6, 6.07) is 17.6. The molecule has 2 aromatic rings. The van der Waals surface area contributed by atoms with Crippen LogP contribution in [0.25, 0.3) is 0 Å². The summed E-state index contributed by atoms with van der Waals surface area (Å²) >= 11 is 0. The van der Waals surface area contributed by atoms with Crippen LogP contribution in [-0.4, -0.2) is 25.4 Å². The number of ether oxygens (including phenoxy) is 1. The number of benzene rings is 2. The number of methoxy groups -OCH3 is 1. The van der Waals surface area contributed by atoms with E-state index in [0.717, 1.165) is 24.2 Å². The van der Waals surface area contributed by atoms with Gasteiger partial charge in [0.25, 0.3) is 0 Å². The smallest absolute Gasteiger partial charge is 0.318 e. The molecule has 124 valence electrons. The lowest BCUT2D eigenvalue weighted by Gasteiger charge is -2.41. The summed E-state index contributed by atoms with van der Waals surface area (Å²) in [6.45, 7) is 2.22. The van der Waals surface area contributed by atoms with Crippen LogP contribution in [0, 0.1) is 5.92 Å². The first-order valence-corrected chi connectivity index (χ1v) is 8.11. The van der Waals surface area contributed by atoms with E-state index in [1.807, 2.05) is 48.5 Å². The van der Waals surface area contributed by atoms with Crippen LogP contribution >= 0.6 is 0 Å². The summed E-state index contributed by atoms with van der Waals surface area (Å²) in [4.78, 5) is 26.8. The minimum absolute atomic E-state index is 0.176. The number of ketones is 1. The fraction of sp³-hybridized carbons (Fsp3) is 0.300. The molecule has 0 aliphatic carbocycles. The van der Waals surface area contributed by atoms with Crippen molar-refractivity contribution in [3.05, 3.63) is 65.7 Å². The van der Waals surface area contributed by atoms with Crippen LogP contribution in [-0.2, 0) is 20.7 Å². The Morgan fingerprint density at radius 2 is 1.75 bits per heavy atom. The van der Waals surface area contributed by atoms with Crippen molar-refractivity contribution < 1.29 is 14.3 Å². The van der Waals surface area contributed by atoms with Gasteiger partial charge in [-0.05, 0) is 36.6 Å². The predicted molar refractivity (Wildman–Crippen MR) is 92.9 cm³/mol. The van der Waals surface area contributed by atoms with Gasteiger partial charge in [0.1, 0.15) is 11.7 Å². The maximum atomic E-state index is 12.4. The van der Waals surface area contributed by atoms with Crippen molar-refractivity contribution in [3.8, 4) is 0 Å². The standard InChI is InChI=1S/C20H21NO3/c1-14(22)18(20(23)24-2)19-17-11-7-6-8-15(17)12-13-21(19)16-9-4-3-5-10-16/h3-11,18-19H,12-13H2,1-2H3. The molecular formula is C20H21NO3. The number of para-hydroxylation sites is 1. The van der Waals surface area contributed by atoms with Gasteiger partial charge in [-0.25, -0.2) is 0 Å². The molecule has 0 saturated carbocycles. The van der Waals surface area contributed by atoms with Gasteiger partial charge in [-0.2, -0.15) is 0 Å². The highest BCUT2D eigenvalue weighted by molar-refractivity contribution is 5.99. The SMILES string of the molecule is COC(=O)C(C(C)=O)C1c2ccccc2CCN1c1ccccc1. The molecule has 4 nitrogen and oxygen atoms in total. The number of anilines is 1. The van der Waals surface area contributed by atoms with E-state index in [-0.39, 0.29) is 11.8 Å². The first kappa shape index (κ1) is 16.2. The fourth-order valence-electron chi connectivity index (χ4n) is 3.51. The van der Waals surface area contributed by atoms with E-state index in [4.69, 9.17) is 4.74 Å². The van der Waals surface area contributed by atoms with E-state index in [1.165, 1.54) is 19.6 Å². The summed E-state index contributed by atoms with van der Waals surface area (Å²) in [5.41, 5.74) is 3.22. The van der Waals surface area contributed by atoms with Gasteiger partial charge in [-0.15, -0.1) is 0 Å². The van der Waals surface area contributed by atoms with E-state index in [0.29, 0.717) is 0 Å². The molecule has 0 N–H and O–H groups in total. The highest BCUT2D eigenvalue weighted by atomic mass is 16.5. The van der Waals surface area contributed by atoms with Gasteiger partial charge in [0.2, 0.25) is 0 Å². The number of esters is 1. The number of nitrogens with zero attached hydrogens (tertiary/aromatic N) is 1. The zero-order chi connectivity index (χ0) is 17.1.